The predicted octanol–water partition coefficient (Wildman–Crippen LogP) is 3.21. The van der Waals surface area contributed by atoms with Crippen molar-refractivity contribution in [3.63, 3.8) is 0 Å². The Bertz CT molecular complexity index is 1520. The first-order chi connectivity index (χ1) is 19.6. The van der Waals surface area contributed by atoms with Gasteiger partial charge in [0.25, 0.3) is 11.8 Å². The van der Waals surface area contributed by atoms with E-state index >= 15 is 0 Å². The van der Waals surface area contributed by atoms with Crippen LogP contribution in [0, 0.1) is 5.92 Å². The molecule has 0 fully saturated rings. The smallest absolute Gasteiger partial charge is 0.264 e. The molecule has 5 N–H and O–H groups in total. The molecule has 2 heterocycles. The molecule has 212 valence electrons. The van der Waals surface area contributed by atoms with Crippen LogP contribution in [0.4, 0.5) is 17.1 Å². The van der Waals surface area contributed by atoms with Crippen LogP contribution in [0.25, 0.3) is 0 Å². The third kappa shape index (κ3) is 5.21. The van der Waals surface area contributed by atoms with Crippen molar-refractivity contribution in [2.75, 3.05) is 29.6 Å². The molecular formula is C32H34N4O5. The van der Waals surface area contributed by atoms with Crippen molar-refractivity contribution in [3.8, 4) is 0 Å². The van der Waals surface area contributed by atoms with Gasteiger partial charge in [-0.1, -0.05) is 43.3 Å². The first-order valence-electron chi connectivity index (χ1n) is 13.6. The molecule has 3 amide bonds. The van der Waals surface area contributed by atoms with Crippen LogP contribution in [-0.4, -0.2) is 52.5 Å². The fourth-order valence-corrected chi connectivity index (χ4v) is 5.64. The van der Waals surface area contributed by atoms with E-state index in [0.29, 0.717) is 41.2 Å². The molecule has 3 atom stereocenters. The van der Waals surface area contributed by atoms with Crippen molar-refractivity contribution < 1.29 is 24.6 Å². The van der Waals surface area contributed by atoms with Crippen molar-refractivity contribution in [1.29, 1.82) is 0 Å². The Morgan fingerprint density at radius 2 is 1.83 bits per heavy atom. The summed E-state index contributed by atoms with van der Waals surface area (Å²) in [7, 11) is 1.59. The molecule has 0 aromatic heterocycles. The van der Waals surface area contributed by atoms with E-state index in [1.54, 1.807) is 73.5 Å². The summed E-state index contributed by atoms with van der Waals surface area (Å²) in [6.07, 6.45) is 3.99. The van der Waals surface area contributed by atoms with Crippen LogP contribution in [-0.2, 0) is 28.2 Å². The maximum Gasteiger partial charge on any atom is 0.264 e. The molecule has 0 aliphatic carbocycles. The van der Waals surface area contributed by atoms with E-state index < -0.39 is 17.4 Å². The molecule has 9 nitrogen and oxygen atoms in total. The first-order valence-corrected chi connectivity index (χ1v) is 13.6. The third-order valence-electron chi connectivity index (χ3n) is 8.09. The van der Waals surface area contributed by atoms with Crippen LogP contribution in [0.15, 0.2) is 78.9 Å². The lowest BCUT2D eigenvalue weighted by Crippen LogP contribution is -2.46. The largest absolute Gasteiger partial charge is 0.399 e. The standard InChI is InChI=1S/C32H34N4O5/c1-20(6-5-9-29(38)36-18-23-8-4-3-7-22(23)16-26(36)19-37)32(41)27-17-25(14-15-28(27)35(2)31(32)40)34-30(39)21-10-12-24(33)13-11-21/h3-8,10-15,17,20,26,37,41H,9,16,18-19,33H2,1-2H3,(H,34,39)/b6-5+/t20-,26-,32+/m0/s1. The quantitative estimate of drug-likeness (QED) is 0.262. The Kier molecular flexibility index (Phi) is 7.66. The molecule has 0 spiro atoms. The highest BCUT2D eigenvalue weighted by Gasteiger charge is 2.51. The number of carbonyl (C=O) groups is 3. The van der Waals surface area contributed by atoms with Crippen LogP contribution in [0.3, 0.4) is 0 Å². The highest BCUT2D eigenvalue weighted by Crippen LogP contribution is 2.45. The average molecular weight is 555 g/mol. The molecule has 2 aliphatic rings. The molecule has 9 heteroatoms. The lowest BCUT2D eigenvalue weighted by molar-refractivity contribution is -0.139. The summed E-state index contributed by atoms with van der Waals surface area (Å²) in [6.45, 7) is 2.01. The minimum absolute atomic E-state index is 0.0632. The number of nitrogens with zero attached hydrogens (tertiary/aromatic N) is 2. The number of hydrogen-bond donors (Lipinski definition) is 4. The van der Waals surface area contributed by atoms with E-state index in [9.17, 15) is 24.6 Å². The zero-order valence-electron chi connectivity index (χ0n) is 23.1. The van der Waals surface area contributed by atoms with Crippen LogP contribution < -0.4 is 16.0 Å². The molecule has 0 unspecified atom stereocenters. The van der Waals surface area contributed by atoms with Gasteiger partial charge in [-0.2, -0.15) is 0 Å². The highest BCUT2D eigenvalue weighted by atomic mass is 16.3. The molecule has 2 aliphatic heterocycles. The lowest BCUT2D eigenvalue weighted by atomic mass is 9.82. The van der Waals surface area contributed by atoms with E-state index in [4.69, 9.17) is 5.73 Å². The number of amides is 3. The van der Waals surface area contributed by atoms with Crippen LogP contribution >= 0.6 is 0 Å². The molecule has 0 saturated carbocycles. The van der Waals surface area contributed by atoms with Gasteiger partial charge in [0.05, 0.1) is 18.3 Å². The maximum atomic E-state index is 13.3. The number of aliphatic hydroxyl groups is 2. The summed E-state index contributed by atoms with van der Waals surface area (Å²) in [5, 5.41) is 24.5. The minimum atomic E-state index is -1.89. The second-order valence-electron chi connectivity index (χ2n) is 10.7. The summed E-state index contributed by atoms with van der Waals surface area (Å²) in [5.41, 5.74) is 8.33. The fraction of sp³-hybridized carbons (Fsp3) is 0.281. The van der Waals surface area contributed by atoms with Gasteiger partial charge in [0, 0.05) is 48.4 Å². The van der Waals surface area contributed by atoms with Gasteiger partial charge in [-0.15, -0.1) is 0 Å². The van der Waals surface area contributed by atoms with Gasteiger partial charge >= 0.3 is 0 Å². The number of hydrogen-bond acceptors (Lipinski definition) is 6. The van der Waals surface area contributed by atoms with E-state index in [0.717, 1.165) is 11.1 Å². The summed E-state index contributed by atoms with van der Waals surface area (Å²) in [5.74, 6) is -1.66. The van der Waals surface area contributed by atoms with E-state index in [2.05, 4.69) is 5.32 Å². The molecule has 0 radical (unpaired) electrons. The number of carbonyl (C=O) groups excluding carboxylic acids is 3. The number of nitrogen functional groups attached to an aromatic ring is 1. The number of benzene rings is 3. The highest BCUT2D eigenvalue weighted by molar-refractivity contribution is 6.08. The summed E-state index contributed by atoms with van der Waals surface area (Å²) in [4.78, 5) is 42.3. The van der Waals surface area contributed by atoms with Gasteiger partial charge in [0.1, 0.15) is 0 Å². The number of anilines is 3. The fourth-order valence-electron chi connectivity index (χ4n) is 5.64. The first kappa shape index (κ1) is 28.1. The summed E-state index contributed by atoms with van der Waals surface area (Å²) in [6, 6.07) is 19.1. The maximum absolute atomic E-state index is 13.3. The van der Waals surface area contributed by atoms with Crippen molar-refractivity contribution >= 4 is 34.8 Å². The van der Waals surface area contributed by atoms with Crippen LogP contribution in [0.1, 0.15) is 40.4 Å². The number of likely N-dealkylation sites (N-methyl/N-ethyl adjacent to an activating group) is 1. The average Bonchev–Trinajstić information content (AvgIpc) is 3.17. The topological polar surface area (TPSA) is 136 Å². The monoisotopic (exact) mass is 554 g/mol. The van der Waals surface area contributed by atoms with Crippen LogP contribution in [0.2, 0.25) is 0 Å². The van der Waals surface area contributed by atoms with Crippen LogP contribution in [0.5, 0.6) is 0 Å². The molecule has 0 saturated heterocycles. The molecule has 3 aromatic carbocycles. The van der Waals surface area contributed by atoms with E-state index in [1.165, 1.54) is 4.90 Å². The Morgan fingerprint density at radius 3 is 2.54 bits per heavy atom. The summed E-state index contributed by atoms with van der Waals surface area (Å²) < 4.78 is 0. The number of nitrogens with two attached hydrogens (primary N) is 1. The number of rotatable bonds is 7. The minimum Gasteiger partial charge on any atom is -0.399 e. The number of nitrogens with one attached hydrogen (secondary N) is 1. The normalized spacial score (nSPS) is 20.6. The van der Waals surface area contributed by atoms with Crippen molar-refractivity contribution in [2.24, 2.45) is 5.92 Å². The van der Waals surface area contributed by atoms with Gasteiger partial charge in [-0.3, -0.25) is 14.4 Å². The zero-order valence-corrected chi connectivity index (χ0v) is 23.1. The molecule has 3 aromatic rings. The molecule has 0 bridgehead atoms. The Balaban J connectivity index is 1.32. The Labute approximate surface area is 238 Å². The predicted molar refractivity (Wildman–Crippen MR) is 157 cm³/mol. The lowest BCUT2D eigenvalue weighted by Gasteiger charge is -2.36. The van der Waals surface area contributed by atoms with Crippen molar-refractivity contribution in [1.82, 2.24) is 4.90 Å². The zero-order chi connectivity index (χ0) is 29.3. The second-order valence-corrected chi connectivity index (χ2v) is 10.7. The summed E-state index contributed by atoms with van der Waals surface area (Å²) >= 11 is 0. The number of fused-ring (bicyclic) bond motifs is 2. The third-order valence-corrected chi connectivity index (χ3v) is 8.09. The Morgan fingerprint density at radius 1 is 1.12 bits per heavy atom. The molecule has 41 heavy (non-hydrogen) atoms. The van der Waals surface area contributed by atoms with Crippen molar-refractivity contribution in [2.45, 2.75) is 38.0 Å². The Hall–Kier alpha value is -4.47. The van der Waals surface area contributed by atoms with E-state index in [1.807, 2.05) is 24.3 Å². The van der Waals surface area contributed by atoms with Gasteiger partial charge in [-0.25, -0.2) is 0 Å². The van der Waals surface area contributed by atoms with Gasteiger partial charge in [0.2, 0.25) is 5.91 Å². The molecule has 5 rings (SSSR count). The van der Waals surface area contributed by atoms with Gasteiger partial charge in [0.15, 0.2) is 5.60 Å². The SMILES string of the molecule is C[C@@H](/C=C/CC(=O)N1Cc2ccccc2C[C@H]1CO)[C@]1(O)C(=O)N(C)c2ccc(NC(=O)c3ccc(N)cc3)cc21. The van der Waals surface area contributed by atoms with Gasteiger partial charge in [-0.05, 0) is 60.0 Å². The second kappa shape index (κ2) is 11.2. The van der Waals surface area contributed by atoms with Crippen molar-refractivity contribution in [3.05, 3.63) is 101 Å². The molecular weight excluding hydrogens is 520 g/mol. The van der Waals surface area contributed by atoms with E-state index in [-0.39, 0.29) is 30.9 Å². The number of aliphatic hydroxyl groups excluding tert-OH is 1. The van der Waals surface area contributed by atoms with Gasteiger partial charge < -0.3 is 31.1 Å².